The summed E-state index contributed by atoms with van der Waals surface area (Å²) >= 11 is 0. The number of H-pyrrole nitrogens is 1. The summed E-state index contributed by atoms with van der Waals surface area (Å²) < 4.78 is 0. The summed E-state index contributed by atoms with van der Waals surface area (Å²) in [7, 11) is 0. The number of hydrogen-bond acceptors (Lipinski definition) is 1. The third-order valence-corrected chi connectivity index (χ3v) is 2.22. The van der Waals surface area contributed by atoms with Gasteiger partial charge in [0, 0.05) is 11.6 Å². The van der Waals surface area contributed by atoms with Gasteiger partial charge in [-0.2, -0.15) is 0 Å². The fraction of sp³-hybridized carbons (Fsp3) is 0.0833. The fourth-order valence-electron chi connectivity index (χ4n) is 1.42. The van der Waals surface area contributed by atoms with Crippen molar-refractivity contribution in [2.45, 2.75) is 6.92 Å². The first-order chi connectivity index (χ1) is 6.66. The Morgan fingerprint density at radius 2 is 2.00 bits per heavy atom. The molecule has 14 heavy (non-hydrogen) atoms. The summed E-state index contributed by atoms with van der Waals surface area (Å²) in [6.07, 6.45) is 0. The predicted molar refractivity (Wildman–Crippen MR) is 59.3 cm³/mol. The van der Waals surface area contributed by atoms with Gasteiger partial charge in [-0.1, -0.05) is 24.3 Å². The lowest BCUT2D eigenvalue weighted by Crippen LogP contribution is -2.02. The Morgan fingerprint density at radius 1 is 1.29 bits per heavy atom. The van der Waals surface area contributed by atoms with Crippen molar-refractivity contribution in [1.29, 1.82) is 0 Å². The van der Waals surface area contributed by atoms with Gasteiger partial charge in [0.25, 0.3) is 0 Å². The van der Waals surface area contributed by atoms with Gasteiger partial charge in [0.05, 0.1) is 0 Å². The quantitative estimate of drug-likeness (QED) is 0.727. The number of aromatic nitrogens is 1. The van der Waals surface area contributed by atoms with Crippen LogP contribution in [0.25, 0.3) is 16.5 Å². The van der Waals surface area contributed by atoms with E-state index in [1.54, 1.807) is 0 Å². The predicted octanol–water partition coefficient (Wildman–Crippen LogP) is 2.56. The molecule has 0 aliphatic rings. The molecule has 0 aliphatic carbocycles. The molecule has 2 rings (SSSR count). The lowest BCUT2D eigenvalue weighted by Gasteiger charge is -2.01. The number of fused-ring (bicyclic) bond motifs is 1. The van der Waals surface area contributed by atoms with Crippen LogP contribution in [0.3, 0.4) is 0 Å². The number of aromatic amines is 1. The highest BCUT2D eigenvalue weighted by Gasteiger charge is 1.97. The zero-order chi connectivity index (χ0) is 10.1. The minimum Gasteiger partial charge on any atom is -0.322 e. The summed E-state index contributed by atoms with van der Waals surface area (Å²) in [6.45, 7) is 5.81. The van der Waals surface area contributed by atoms with Crippen molar-refractivity contribution in [2.75, 3.05) is 0 Å². The Kier molecular flexibility index (Phi) is 1.97. The number of rotatable bonds is 1. The molecule has 0 fully saturated rings. The van der Waals surface area contributed by atoms with Crippen LogP contribution in [0.2, 0.25) is 0 Å². The summed E-state index contributed by atoms with van der Waals surface area (Å²) in [6, 6.07) is 9.27. The molecule has 1 heterocycles. The van der Waals surface area contributed by atoms with Crippen molar-refractivity contribution in [3.05, 3.63) is 52.8 Å². The zero-order valence-corrected chi connectivity index (χ0v) is 8.00. The summed E-state index contributed by atoms with van der Waals surface area (Å²) in [5, 5.41) is 1.04. The summed E-state index contributed by atoms with van der Waals surface area (Å²) in [5.41, 5.74) is 2.84. The first-order valence-electron chi connectivity index (χ1n) is 4.46. The fourth-order valence-corrected chi connectivity index (χ4v) is 1.42. The van der Waals surface area contributed by atoms with Crippen molar-refractivity contribution in [3.8, 4) is 0 Å². The van der Waals surface area contributed by atoms with Gasteiger partial charge in [-0.15, -0.1) is 0 Å². The van der Waals surface area contributed by atoms with Crippen molar-refractivity contribution in [3.63, 3.8) is 0 Å². The van der Waals surface area contributed by atoms with Gasteiger partial charge in [-0.3, -0.25) is 4.79 Å². The number of nitrogens with one attached hydrogen (secondary N) is 1. The summed E-state index contributed by atoms with van der Waals surface area (Å²) in [5.74, 6) is 0. The van der Waals surface area contributed by atoms with Crippen molar-refractivity contribution < 1.29 is 0 Å². The minimum atomic E-state index is -0.0728. The van der Waals surface area contributed by atoms with Gasteiger partial charge in [0.15, 0.2) is 0 Å². The Hall–Kier alpha value is -1.83. The molecule has 2 heteroatoms. The van der Waals surface area contributed by atoms with Crippen molar-refractivity contribution in [1.82, 2.24) is 4.98 Å². The van der Waals surface area contributed by atoms with E-state index in [4.69, 9.17) is 0 Å². The highest BCUT2D eigenvalue weighted by molar-refractivity contribution is 5.82. The van der Waals surface area contributed by atoms with Gasteiger partial charge in [-0.25, -0.2) is 0 Å². The normalized spacial score (nSPS) is 10.4. The van der Waals surface area contributed by atoms with E-state index < -0.39 is 0 Å². The maximum atomic E-state index is 11.1. The molecule has 2 aromatic rings. The van der Waals surface area contributed by atoms with Gasteiger partial charge in [-0.05, 0) is 30.0 Å². The molecule has 0 bridgehead atoms. The molecule has 1 N–H and O–H groups in total. The first-order valence-corrected chi connectivity index (χ1v) is 4.46. The molecule has 0 radical (unpaired) electrons. The van der Waals surface area contributed by atoms with E-state index in [9.17, 15) is 4.79 Å². The van der Waals surface area contributed by atoms with Crippen LogP contribution in [0.4, 0.5) is 0 Å². The average molecular weight is 185 g/mol. The Labute approximate surface area is 81.9 Å². The molecular weight excluding hydrogens is 174 g/mol. The van der Waals surface area contributed by atoms with Crippen LogP contribution in [0.1, 0.15) is 12.5 Å². The monoisotopic (exact) mass is 185 g/mol. The van der Waals surface area contributed by atoms with Crippen LogP contribution in [0, 0.1) is 0 Å². The Morgan fingerprint density at radius 3 is 2.71 bits per heavy atom. The number of benzene rings is 1. The summed E-state index contributed by atoms with van der Waals surface area (Å²) in [4.78, 5) is 13.9. The molecule has 1 aromatic heterocycles. The van der Waals surface area contributed by atoms with Crippen molar-refractivity contribution >= 4 is 16.5 Å². The largest absolute Gasteiger partial charge is 0.322 e. The van der Waals surface area contributed by atoms with Crippen LogP contribution in [0.15, 0.2) is 41.7 Å². The topological polar surface area (TPSA) is 32.9 Å². The highest BCUT2D eigenvalue weighted by atomic mass is 16.1. The van der Waals surface area contributed by atoms with Crippen LogP contribution in [-0.4, -0.2) is 4.98 Å². The van der Waals surface area contributed by atoms with Crippen LogP contribution < -0.4 is 5.56 Å². The van der Waals surface area contributed by atoms with Gasteiger partial charge < -0.3 is 4.98 Å². The molecule has 0 saturated heterocycles. The number of allylic oxidation sites excluding steroid dienone is 1. The first kappa shape index (κ1) is 8.75. The molecular formula is C12H11NO. The average Bonchev–Trinajstić information content (AvgIpc) is 2.16. The van der Waals surface area contributed by atoms with Gasteiger partial charge in [0.1, 0.15) is 0 Å². The second-order valence-electron chi connectivity index (χ2n) is 3.40. The van der Waals surface area contributed by atoms with E-state index in [0.29, 0.717) is 0 Å². The molecule has 70 valence electrons. The van der Waals surface area contributed by atoms with E-state index >= 15 is 0 Å². The van der Waals surface area contributed by atoms with Crippen LogP contribution in [0.5, 0.6) is 0 Å². The molecule has 2 nitrogen and oxygen atoms in total. The lowest BCUT2D eigenvalue weighted by atomic mass is 10.1. The van der Waals surface area contributed by atoms with E-state index in [2.05, 4.69) is 11.6 Å². The maximum absolute atomic E-state index is 11.1. The van der Waals surface area contributed by atoms with Crippen LogP contribution >= 0.6 is 0 Å². The van der Waals surface area contributed by atoms with E-state index in [-0.39, 0.29) is 5.56 Å². The Bertz CT molecular complexity index is 551. The minimum absolute atomic E-state index is 0.0728. The molecule has 1 aromatic carbocycles. The zero-order valence-electron chi connectivity index (χ0n) is 8.00. The van der Waals surface area contributed by atoms with Crippen LogP contribution in [-0.2, 0) is 0 Å². The molecule has 0 spiro atoms. The van der Waals surface area contributed by atoms with Gasteiger partial charge >= 0.3 is 0 Å². The highest BCUT2D eigenvalue weighted by Crippen LogP contribution is 2.16. The lowest BCUT2D eigenvalue weighted by molar-refractivity contribution is 1.30. The molecule has 0 saturated carbocycles. The number of hydrogen-bond donors (Lipinski definition) is 1. The smallest absolute Gasteiger partial charge is 0.248 e. The van der Waals surface area contributed by atoms with E-state index in [0.717, 1.165) is 22.0 Å². The van der Waals surface area contributed by atoms with Gasteiger partial charge in [0.2, 0.25) is 5.56 Å². The maximum Gasteiger partial charge on any atom is 0.248 e. The molecule has 0 atom stereocenters. The second-order valence-corrected chi connectivity index (χ2v) is 3.40. The Balaban J connectivity index is 2.75. The molecule has 0 amide bonds. The van der Waals surface area contributed by atoms with Crippen molar-refractivity contribution in [2.24, 2.45) is 0 Å². The third kappa shape index (κ3) is 1.46. The molecule has 0 aliphatic heterocycles. The molecule has 0 unspecified atom stereocenters. The second kappa shape index (κ2) is 3.14. The third-order valence-electron chi connectivity index (χ3n) is 2.22. The van der Waals surface area contributed by atoms with E-state index in [1.807, 2.05) is 31.2 Å². The van der Waals surface area contributed by atoms with E-state index in [1.165, 1.54) is 6.07 Å². The standard InChI is InChI=1S/C12H11NO/c1-8(2)10-4-3-9-5-6-12(14)13-11(9)7-10/h3-7H,1H2,2H3,(H,13,14). The SMILES string of the molecule is C=C(C)c1ccc2ccc(=O)[nH]c2c1. The number of pyridine rings is 1.